The van der Waals surface area contributed by atoms with E-state index in [2.05, 4.69) is 36.0 Å². The van der Waals surface area contributed by atoms with Crippen LogP contribution in [0.2, 0.25) is 0 Å². The Kier molecular flexibility index (Phi) is 1.57. The minimum atomic E-state index is 1.13. The number of para-hydroxylation sites is 1. The number of allylic oxidation sites excluding steroid dienone is 4. The summed E-state index contributed by atoms with van der Waals surface area (Å²) in [5.74, 6) is 0. The van der Waals surface area contributed by atoms with Gasteiger partial charge in [0.1, 0.15) is 0 Å². The summed E-state index contributed by atoms with van der Waals surface area (Å²) in [6.45, 7) is 0. The number of nitrogens with one attached hydrogen (secondary N) is 1. The van der Waals surface area contributed by atoms with Crippen LogP contribution in [0.4, 0.5) is 5.69 Å². The molecule has 1 heterocycles. The Bertz CT molecular complexity index is 464. The van der Waals surface area contributed by atoms with Crippen molar-refractivity contribution < 1.29 is 0 Å². The molecule has 1 aliphatic heterocycles. The predicted molar refractivity (Wildman–Crippen MR) is 58.5 cm³/mol. The standard InChI is InChI=1S/C13H9N/c1-3-7-12-10(5-1)9-11-6-2-4-8-13(11)14-12/h1-5,7-9,14H. The molecule has 1 heteroatoms. The number of hydrogen-bond acceptors (Lipinski definition) is 1. The van der Waals surface area contributed by atoms with Gasteiger partial charge in [-0.1, -0.05) is 30.4 Å². The third-order valence-corrected chi connectivity index (χ3v) is 2.42. The highest BCUT2D eigenvalue weighted by molar-refractivity contribution is 5.80. The van der Waals surface area contributed by atoms with Gasteiger partial charge in [0.05, 0.1) is 0 Å². The van der Waals surface area contributed by atoms with Gasteiger partial charge in [0, 0.05) is 17.8 Å². The van der Waals surface area contributed by atoms with Gasteiger partial charge in [0.15, 0.2) is 0 Å². The molecule has 0 unspecified atom stereocenters. The van der Waals surface area contributed by atoms with Crippen LogP contribution in [0, 0.1) is 6.42 Å². The molecule has 66 valence electrons. The van der Waals surface area contributed by atoms with Gasteiger partial charge in [-0.25, -0.2) is 0 Å². The molecule has 1 nitrogen and oxygen atoms in total. The summed E-state index contributed by atoms with van der Waals surface area (Å²) in [7, 11) is 0. The van der Waals surface area contributed by atoms with Gasteiger partial charge < -0.3 is 5.32 Å². The van der Waals surface area contributed by atoms with Crippen LogP contribution in [0.25, 0.3) is 6.08 Å². The van der Waals surface area contributed by atoms with Crippen LogP contribution in [-0.4, -0.2) is 0 Å². The van der Waals surface area contributed by atoms with Gasteiger partial charge in [-0.3, -0.25) is 0 Å². The van der Waals surface area contributed by atoms with Crippen molar-refractivity contribution in [3.63, 3.8) is 0 Å². The van der Waals surface area contributed by atoms with Gasteiger partial charge in [-0.05, 0) is 29.4 Å². The van der Waals surface area contributed by atoms with Gasteiger partial charge in [0.2, 0.25) is 0 Å². The summed E-state index contributed by atoms with van der Waals surface area (Å²) in [5.41, 5.74) is 4.65. The second kappa shape index (κ2) is 2.88. The van der Waals surface area contributed by atoms with E-state index in [0.29, 0.717) is 0 Å². The lowest BCUT2D eigenvalue weighted by Crippen LogP contribution is -2.09. The molecule has 0 atom stereocenters. The maximum Gasteiger partial charge on any atom is 0.0458 e. The fraction of sp³-hybridized carbons (Fsp3) is 0. The topological polar surface area (TPSA) is 12.0 Å². The first-order valence-corrected chi connectivity index (χ1v) is 4.65. The van der Waals surface area contributed by atoms with E-state index in [9.17, 15) is 0 Å². The normalized spacial score (nSPS) is 17.4. The molecule has 0 bridgehead atoms. The molecule has 2 aliphatic rings. The maximum atomic E-state index is 3.38. The summed E-state index contributed by atoms with van der Waals surface area (Å²) >= 11 is 0. The number of benzene rings is 1. The third kappa shape index (κ3) is 1.10. The highest BCUT2D eigenvalue weighted by Crippen LogP contribution is 2.31. The molecule has 1 aromatic carbocycles. The molecule has 0 fully saturated rings. The molecule has 3 rings (SSSR count). The maximum absolute atomic E-state index is 3.38. The SMILES string of the molecule is [C]1C=CC=C2Nc3ccccc3C=C12. The molecule has 0 amide bonds. The summed E-state index contributed by atoms with van der Waals surface area (Å²) in [4.78, 5) is 0. The Labute approximate surface area is 83.5 Å². The number of rotatable bonds is 0. The second-order valence-corrected chi connectivity index (χ2v) is 3.35. The molecule has 0 spiro atoms. The van der Waals surface area contributed by atoms with Gasteiger partial charge in [-0.15, -0.1) is 0 Å². The Morgan fingerprint density at radius 3 is 3.07 bits per heavy atom. The fourth-order valence-electron chi connectivity index (χ4n) is 1.72. The number of fused-ring (bicyclic) bond motifs is 2. The molecule has 2 radical (unpaired) electrons. The summed E-state index contributed by atoms with van der Waals surface area (Å²) in [5, 5.41) is 3.38. The molecule has 0 saturated carbocycles. The van der Waals surface area contributed by atoms with Crippen LogP contribution in [-0.2, 0) is 0 Å². The monoisotopic (exact) mass is 179 g/mol. The zero-order valence-electron chi connectivity index (χ0n) is 7.62. The van der Waals surface area contributed by atoms with Crippen molar-refractivity contribution in [3.05, 3.63) is 65.7 Å². The molecule has 1 aromatic rings. The minimum Gasteiger partial charge on any atom is -0.355 e. The number of hydrogen-bond donors (Lipinski definition) is 1. The Morgan fingerprint density at radius 1 is 1.14 bits per heavy atom. The third-order valence-electron chi connectivity index (χ3n) is 2.42. The van der Waals surface area contributed by atoms with E-state index in [4.69, 9.17) is 0 Å². The van der Waals surface area contributed by atoms with Crippen LogP contribution in [0.15, 0.2) is 53.8 Å². The molecular formula is C13H9N. The first-order chi connectivity index (χ1) is 6.93. The molecular weight excluding hydrogens is 170 g/mol. The molecule has 1 aliphatic carbocycles. The zero-order valence-corrected chi connectivity index (χ0v) is 7.62. The first-order valence-electron chi connectivity index (χ1n) is 4.65. The minimum absolute atomic E-state index is 1.13. The summed E-state index contributed by atoms with van der Waals surface area (Å²) < 4.78 is 0. The predicted octanol–water partition coefficient (Wildman–Crippen LogP) is 3.03. The van der Waals surface area contributed by atoms with Crippen LogP contribution >= 0.6 is 0 Å². The zero-order chi connectivity index (χ0) is 9.38. The van der Waals surface area contributed by atoms with Crippen molar-refractivity contribution in [1.29, 1.82) is 0 Å². The van der Waals surface area contributed by atoms with Crippen LogP contribution in [0.3, 0.4) is 0 Å². The van der Waals surface area contributed by atoms with E-state index in [-0.39, 0.29) is 0 Å². The fourth-order valence-corrected chi connectivity index (χ4v) is 1.72. The Balaban J connectivity index is 2.15. The number of anilines is 1. The highest BCUT2D eigenvalue weighted by Gasteiger charge is 2.14. The average Bonchev–Trinajstić information content (AvgIpc) is 2.26. The van der Waals surface area contributed by atoms with Gasteiger partial charge in [0.25, 0.3) is 0 Å². The van der Waals surface area contributed by atoms with Gasteiger partial charge >= 0.3 is 0 Å². The Morgan fingerprint density at radius 2 is 2.07 bits per heavy atom. The lowest BCUT2D eigenvalue weighted by molar-refractivity contribution is 1.32. The molecule has 14 heavy (non-hydrogen) atoms. The van der Waals surface area contributed by atoms with Crippen molar-refractivity contribution in [2.45, 2.75) is 0 Å². The highest BCUT2D eigenvalue weighted by atomic mass is 14.9. The van der Waals surface area contributed by atoms with Gasteiger partial charge in [-0.2, -0.15) is 0 Å². The first kappa shape index (κ1) is 7.63. The average molecular weight is 179 g/mol. The second-order valence-electron chi connectivity index (χ2n) is 3.35. The van der Waals surface area contributed by atoms with E-state index in [1.165, 1.54) is 11.3 Å². The quantitative estimate of drug-likeness (QED) is 0.645. The van der Waals surface area contributed by atoms with E-state index < -0.39 is 0 Å². The van der Waals surface area contributed by atoms with Crippen molar-refractivity contribution in [2.75, 3.05) is 5.32 Å². The molecule has 1 N–H and O–H groups in total. The summed E-state index contributed by atoms with van der Waals surface area (Å²) in [6, 6.07) is 8.27. The van der Waals surface area contributed by atoms with Crippen molar-refractivity contribution in [3.8, 4) is 0 Å². The molecule has 0 aromatic heterocycles. The summed E-state index contributed by atoms with van der Waals surface area (Å²) in [6.07, 6.45) is 11.4. The van der Waals surface area contributed by atoms with Crippen molar-refractivity contribution >= 4 is 11.8 Å². The van der Waals surface area contributed by atoms with Crippen LogP contribution < -0.4 is 5.32 Å². The van der Waals surface area contributed by atoms with Crippen LogP contribution in [0.5, 0.6) is 0 Å². The van der Waals surface area contributed by atoms with E-state index in [0.717, 1.165) is 11.3 Å². The van der Waals surface area contributed by atoms with E-state index in [1.54, 1.807) is 0 Å². The van der Waals surface area contributed by atoms with Crippen molar-refractivity contribution in [1.82, 2.24) is 0 Å². The smallest absolute Gasteiger partial charge is 0.0458 e. The molecule has 0 saturated heterocycles. The lowest BCUT2D eigenvalue weighted by Gasteiger charge is -2.22. The van der Waals surface area contributed by atoms with Crippen molar-refractivity contribution in [2.24, 2.45) is 0 Å². The lowest BCUT2D eigenvalue weighted by atomic mass is 9.96. The van der Waals surface area contributed by atoms with E-state index >= 15 is 0 Å². The largest absolute Gasteiger partial charge is 0.355 e. The van der Waals surface area contributed by atoms with Crippen LogP contribution in [0.1, 0.15) is 5.56 Å². The Hall–Kier alpha value is -1.76. The van der Waals surface area contributed by atoms with E-state index in [1.807, 2.05) is 24.3 Å².